The quantitative estimate of drug-likeness (QED) is 0.853. The Balaban J connectivity index is 2.46. The molecule has 0 radical (unpaired) electrons. The van der Waals surface area contributed by atoms with Gasteiger partial charge in [0.2, 0.25) is 0 Å². The number of rotatable bonds is 3. The third-order valence-corrected chi connectivity index (χ3v) is 2.85. The zero-order chi connectivity index (χ0) is 11.5. The molecule has 0 saturated heterocycles. The molecule has 0 saturated carbocycles. The van der Waals surface area contributed by atoms with Crippen molar-refractivity contribution in [3.8, 4) is 0 Å². The van der Waals surface area contributed by atoms with E-state index in [2.05, 4.69) is 36.2 Å². The van der Waals surface area contributed by atoms with E-state index in [9.17, 15) is 0 Å². The van der Waals surface area contributed by atoms with Crippen LogP contribution in [0.2, 0.25) is 0 Å². The lowest BCUT2D eigenvalue weighted by Crippen LogP contribution is -2.00. The molecule has 0 amide bonds. The van der Waals surface area contributed by atoms with Gasteiger partial charge >= 0.3 is 0 Å². The predicted molar refractivity (Wildman–Crippen MR) is 68.6 cm³/mol. The molecule has 0 spiro atoms. The second-order valence-corrected chi connectivity index (χ2v) is 4.33. The monoisotopic (exact) mass is 214 g/mol. The highest BCUT2D eigenvalue weighted by molar-refractivity contribution is 5.82. The fourth-order valence-corrected chi connectivity index (χ4v) is 2.04. The van der Waals surface area contributed by atoms with Crippen molar-refractivity contribution >= 4 is 10.9 Å². The zero-order valence-corrected chi connectivity index (χ0v) is 9.96. The summed E-state index contributed by atoms with van der Waals surface area (Å²) in [4.78, 5) is 4.57. The van der Waals surface area contributed by atoms with E-state index < -0.39 is 0 Å². The van der Waals surface area contributed by atoms with Gasteiger partial charge < -0.3 is 5.73 Å². The van der Waals surface area contributed by atoms with Crippen molar-refractivity contribution in [2.24, 2.45) is 5.73 Å². The predicted octanol–water partition coefficient (Wildman–Crippen LogP) is 2.74. The average molecular weight is 214 g/mol. The van der Waals surface area contributed by atoms with Gasteiger partial charge in [-0.1, -0.05) is 12.1 Å². The van der Waals surface area contributed by atoms with Crippen LogP contribution < -0.4 is 5.73 Å². The van der Waals surface area contributed by atoms with Crippen LogP contribution in [0.3, 0.4) is 0 Å². The van der Waals surface area contributed by atoms with E-state index in [1.165, 1.54) is 16.5 Å². The molecular formula is C14H18N2. The Morgan fingerprint density at radius 2 is 2.00 bits per heavy atom. The van der Waals surface area contributed by atoms with Crippen molar-refractivity contribution in [3.63, 3.8) is 0 Å². The minimum atomic E-state index is 0.753. The molecule has 0 aliphatic rings. The summed E-state index contributed by atoms with van der Waals surface area (Å²) in [5, 5.41) is 1.23. The normalized spacial score (nSPS) is 10.9. The van der Waals surface area contributed by atoms with Gasteiger partial charge in [0.25, 0.3) is 0 Å². The van der Waals surface area contributed by atoms with Crippen LogP contribution in [0.15, 0.2) is 24.3 Å². The third kappa shape index (κ3) is 2.22. The first-order chi connectivity index (χ1) is 7.70. The molecule has 84 valence electrons. The fourth-order valence-electron chi connectivity index (χ4n) is 2.04. The van der Waals surface area contributed by atoms with Crippen LogP contribution in [0.5, 0.6) is 0 Å². The molecule has 0 bridgehead atoms. The number of nitrogens with two attached hydrogens (primary N) is 1. The van der Waals surface area contributed by atoms with E-state index in [0.717, 1.165) is 30.6 Å². The van der Waals surface area contributed by atoms with Gasteiger partial charge in [0.15, 0.2) is 0 Å². The first-order valence-electron chi connectivity index (χ1n) is 5.77. The minimum Gasteiger partial charge on any atom is -0.330 e. The Labute approximate surface area is 96.5 Å². The SMILES string of the molecule is Cc1ccc2cc(CCCN)cc(C)c2n1. The molecule has 1 aromatic heterocycles. The number of aryl methyl sites for hydroxylation is 3. The molecule has 0 aliphatic carbocycles. The molecule has 16 heavy (non-hydrogen) atoms. The van der Waals surface area contributed by atoms with E-state index >= 15 is 0 Å². The van der Waals surface area contributed by atoms with E-state index in [1.54, 1.807) is 0 Å². The average Bonchev–Trinajstić information content (AvgIpc) is 2.27. The van der Waals surface area contributed by atoms with E-state index in [4.69, 9.17) is 5.73 Å². The summed E-state index contributed by atoms with van der Waals surface area (Å²) < 4.78 is 0. The maximum atomic E-state index is 5.53. The molecule has 0 atom stereocenters. The number of nitrogens with zero attached hydrogens (tertiary/aromatic N) is 1. The summed E-state index contributed by atoms with van der Waals surface area (Å²) in [6.45, 7) is 4.91. The number of pyridine rings is 1. The fraction of sp³-hybridized carbons (Fsp3) is 0.357. The van der Waals surface area contributed by atoms with Crippen LogP contribution in [-0.4, -0.2) is 11.5 Å². The highest BCUT2D eigenvalue weighted by Crippen LogP contribution is 2.20. The molecule has 1 heterocycles. The smallest absolute Gasteiger partial charge is 0.0734 e. The van der Waals surface area contributed by atoms with Crippen molar-refractivity contribution < 1.29 is 0 Å². The number of hydrogen-bond acceptors (Lipinski definition) is 2. The Hall–Kier alpha value is -1.41. The van der Waals surface area contributed by atoms with Gasteiger partial charge in [-0.25, -0.2) is 0 Å². The van der Waals surface area contributed by atoms with Crippen molar-refractivity contribution in [2.45, 2.75) is 26.7 Å². The highest BCUT2D eigenvalue weighted by Gasteiger charge is 2.02. The molecule has 0 unspecified atom stereocenters. The number of fused-ring (bicyclic) bond motifs is 1. The van der Waals surface area contributed by atoms with Crippen molar-refractivity contribution in [1.29, 1.82) is 0 Å². The summed E-state index contributed by atoms with van der Waals surface area (Å²) in [5.41, 5.74) is 10.4. The Morgan fingerprint density at radius 1 is 1.19 bits per heavy atom. The van der Waals surface area contributed by atoms with Crippen LogP contribution in [0.4, 0.5) is 0 Å². The molecule has 2 heteroatoms. The van der Waals surface area contributed by atoms with Gasteiger partial charge in [0, 0.05) is 11.1 Å². The largest absolute Gasteiger partial charge is 0.330 e. The number of aromatic nitrogens is 1. The third-order valence-electron chi connectivity index (χ3n) is 2.85. The maximum Gasteiger partial charge on any atom is 0.0734 e. The Kier molecular flexibility index (Phi) is 3.20. The molecule has 1 aromatic carbocycles. The van der Waals surface area contributed by atoms with Gasteiger partial charge in [-0.3, -0.25) is 4.98 Å². The van der Waals surface area contributed by atoms with Crippen LogP contribution >= 0.6 is 0 Å². The van der Waals surface area contributed by atoms with E-state index in [-0.39, 0.29) is 0 Å². The van der Waals surface area contributed by atoms with Gasteiger partial charge in [0.05, 0.1) is 5.52 Å². The molecule has 2 rings (SSSR count). The van der Waals surface area contributed by atoms with Gasteiger partial charge in [-0.05, 0) is 56.5 Å². The summed E-state index contributed by atoms with van der Waals surface area (Å²) in [5.74, 6) is 0. The van der Waals surface area contributed by atoms with Crippen LogP contribution in [0.1, 0.15) is 23.2 Å². The van der Waals surface area contributed by atoms with Crippen LogP contribution in [-0.2, 0) is 6.42 Å². The first-order valence-corrected chi connectivity index (χ1v) is 5.77. The topological polar surface area (TPSA) is 38.9 Å². The number of benzene rings is 1. The van der Waals surface area contributed by atoms with Crippen molar-refractivity contribution in [3.05, 3.63) is 41.1 Å². The lowest BCUT2D eigenvalue weighted by molar-refractivity contribution is 0.833. The van der Waals surface area contributed by atoms with Crippen LogP contribution in [0, 0.1) is 13.8 Å². The highest BCUT2D eigenvalue weighted by atomic mass is 14.7. The lowest BCUT2D eigenvalue weighted by atomic mass is 10.0. The second kappa shape index (κ2) is 4.62. The zero-order valence-electron chi connectivity index (χ0n) is 9.96. The summed E-state index contributed by atoms with van der Waals surface area (Å²) >= 11 is 0. The molecule has 0 aliphatic heterocycles. The molecule has 2 N–H and O–H groups in total. The summed E-state index contributed by atoms with van der Waals surface area (Å²) in [6, 6.07) is 8.67. The Morgan fingerprint density at radius 3 is 2.75 bits per heavy atom. The summed E-state index contributed by atoms with van der Waals surface area (Å²) in [6.07, 6.45) is 2.10. The van der Waals surface area contributed by atoms with Gasteiger partial charge in [0.1, 0.15) is 0 Å². The standard InChI is InChI=1S/C14H18N2/c1-10-8-12(4-3-7-15)9-13-6-5-11(2)16-14(10)13/h5-6,8-9H,3-4,7,15H2,1-2H3. The first kappa shape index (κ1) is 11.1. The van der Waals surface area contributed by atoms with Crippen molar-refractivity contribution in [2.75, 3.05) is 6.54 Å². The maximum absolute atomic E-state index is 5.53. The molecule has 2 nitrogen and oxygen atoms in total. The number of hydrogen-bond donors (Lipinski definition) is 1. The van der Waals surface area contributed by atoms with Crippen molar-refractivity contribution in [1.82, 2.24) is 4.98 Å². The molecule has 2 aromatic rings. The second-order valence-electron chi connectivity index (χ2n) is 4.33. The van der Waals surface area contributed by atoms with Crippen LogP contribution in [0.25, 0.3) is 10.9 Å². The molecule has 0 fully saturated rings. The minimum absolute atomic E-state index is 0.753. The summed E-state index contributed by atoms with van der Waals surface area (Å²) in [7, 11) is 0. The van der Waals surface area contributed by atoms with E-state index in [0.29, 0.717) is 0 Å². The Bertz CT molecular complexity index is 503. The lowest BCUT2D eigenvalue weighted by Gasteiger charge is -2.07. The van der Waals surface area contributed by atoms with E-state index in [1.807, 2.05) is 6.92 Å². The van der Waals surface area contributed by atoms with Gasteiger partial charge in [-0.2, -0.15) is 0 Å². The molecular weight excluding hydrogens is 196 g/mol. The van der Waals surface area contributed by atoms with Gasteiger partial charge in [-0.15, -0.1) is 0 Å².